The topological polar surface area (TPSA) is 104 Å². The fraction of sp³-hybridized carbons (Fsp3) is 0.125. The molecule has 2 aromatic carbocycles. The van der Waals surface area contributed by atoms with Crippen molar-refractivity contribution in [1.29, 1.82) is 0 Å². The number of aromatic amines is 1. The van der Waals surface area contributed by atoms with Crippen LogP contribution in [-0.4, -0.2) is 37.2 Å². The van der Waals surface area contributed by atoms with E-state index in [1.807, 2.05) is 54.0 Å². The van der Waals surface area contributed by atoms with E-state index in [1.54, 1.807) is 17.9 Å². The number of anilines is 1. The molecule has 5 rings (SSSR count). The zero-order chi connectivity index (χ0) is 24.0. The van der Waals surface area contributed by atoms with Crippen molar-refractivity contribution in [3.8, 4) is 11.4 Å². The molecule has 0 spiro atoms. The number of halogens is 2. The second kappa shape index (κ2) is 8.77. The van der Waals surface area contributed by atoms with Gasteiger partial charge in [-0.1, -0.05) is 12.1 Å². The maximum atomic E-state index is 13.6. The van der Waals surface area contributed by atoms with Crippen molar-refractivity contribution in [3.05, 3.63) is 86.4 Å². The van der Waals surface area contributed by atoms with E-state index in [9.17, 15) is 4.79 Å². The van der Waals surface area contributed by atoms with E-state index in [4.69, 9.17) is 10.5 Å². The molecule has 34 heavy (non-hydrogen) atoms. The van der Waals surface area contributed by atoms with Crippen LogP contribution in [0.3, 0.4) is 0 Å². The summed E-state index contributed by atoms with van der Waals surface area (Å²) in [6.45, 7) is 2.39. The lowest BCUT2D eigenvalue weighted by Gasteiger charge is -2.11. The van der Waals surface area contributed by atoms with E-state index in [-0.39, 0.29) is 11.6 Å². The molecule has 0 unspecified atom stereocenters. The van der Waals surface area contributed by atoms with Crippen LogP contribution in [0.2, 0.25) is 0 Å². The number of rotatable bonds is 6. The van der Waals surface area contributed by atoms with Gasteiger partial charge in [-0.2, -0.15) is 5.10 Å². The number of aromatic nitrogens is 5. The molecule has 3 heterocycles. The highest BCUT2D eigenvalue weighted by atomic mass is 79.9. The van der Waals surface area contributed by atoms with Crippen molar-refractivity contribution in [2.45, 2.75) is 13.5 Å². The summed E-state index contributed by atoms with van der Waals surface area (Å²) in [5.41, 5.74) is 10.7. The minimum atomic E-state index is -0.220. The van der Waals surface area contributed by atoms with E-state index in [1.165, 1.54) is 6.20 Å². The summed E-state index contributed by atoms with van der Waals surface area (Å²) < 4.78 is 10.2. The molecule has 0 aliphatic rings. The summed E-state index contributed by atoms with van der Waals surface area (Å²) >= 11 is 7.12. The number of nitrogens with one attached hydrogen (secondary N) is 1. The summed E-state index contributed by atoms with van der Waals surface area (Å²) in [5, 5.41) is 4.40. The first-order chi connectivity index (χ1) is 16.4. The zero-order valence-electron chi connectivity index (χ0n) is 18.3. The molecular weight excluding hydrogens is 564 g/mol. The number of nitrogen functional groups attached to an aromatic ring is 1. The minimum Gasteiger partial charge on any atom is -0.497 e. The Morgan fingerprint density at radius 3 is 2.65 bits per heavy atom. The zero-order valence-corrected chi connectivity index (χ0v) is 21.5. The van der Waals surface area contributed by atoms with Crippen molar-refractivity contribution >= 4 is 54.5 Å². The normalized spacial score (nSPS) is 11.3. The lowest BCUT2D eigenvalue weighted by molar-refractivity contribution is 0.103. The molecule has 172 valence electrons. The van der Waals surface area contributed by atoms with E-state index in [0.717, 1.165) is 42.9 Å². The van der Waals surface area contributed by atoms with Crippen molar-refractivity contribution < 1.29 is 9.53 Å². The van der Waals surface area contributed by atoms with Gasteiger partial charge in [-0.15, -0.1) is 0 Å². The average Bonchev–Trinajstić information content (AvgIpc) is 3.48. The second-order valence-corrected chi connectivity index (χ2v) is 9.42. The third kappa shape index (κ3) is 3.92. The maximum absolute atomic E-state index is 13.6. The predicted octanol–water partition coefficient (Wildman–Crippen LogP) is 5.25. The summed E-state index contributed by atoms with van der Waals surface area (Å²) in [4.78, 5) is 21.2. The molecule has 0 aliphatic heterocycles. The molecule has 0 bridgehead atoms. The molecule has 0 fully saturated rings. The van der Waals surface area contributed by atoms with Gasteiger partial charge in [0.05, 0.1) is 50.4 Å². The van der Waals surface area contributed by atoms with Gasteiger partial charge in [0.15, 0.2) is 0 Å². The van der Waals surface area contributed by atoms with Crippen LogP contribution in [0, 0.1) is 6.92 Å². The van der Waals surface area contributed by atoms with Crippen LogP contribution in [0.1, 0.15) is 27.4 Å². The lowest BCUT2D eigenvalue weighted by atomic mass is 10.1. The summed E-state index contributed by atoms with van der Waals surface area (Å²) in [7, 11) is 1.63. The summed E-state index contributed by atoms with van der Waals surface area (Å²) in [5.74, 6) is 1.65. The number of benzene rings is 2. The third-order valence-electron chi connectivity index (χ3n) is 5.60. The number of ether oxygens (including phenoxy) is 1. The van der Waals surface area contributed by atoms with Crippen LogP contribution < -0.4 is 10.5 Å². The van der Waals surface area contributed by atoms with Gasteiger partial charge in [0.25, 0.3) is 0 Å². The van der Waals surface area contributed by atoms with Gasteiger partial charge in [-0.05, 0) is 80.7 Å². The number of imidazole rings is 1. The molecule has 3 aromatic heterocycles. The number of carbonyl (C=O) groups is 1. The van der Waals surface area contributed by atoms with Crippen LogP contribution in [0.5, 0.6) is 5.75 Å². The van der Waals surface area contributed by atoms with E-state index in [0.29, 0.717) is 17.8 Å². The fourth-order valence-electron chi connectivity index (χ4n) is 3.88. The maximum Gasteiger partial charge on any atom is 0.214 e. The van der Waals surface area contributed by atoms with Crippen molar-refractivity contribution in [2.75, 3.05) is 12.8 Å². The molecular formula is C24H20Br2N6O2. The number of fused-ring (bicyclic) bond motifs is 1. The third-order valence-corrected chi connectivity index (χ3v) is 7.59. The smallest absolute Gasteiger partial charge is 0.214 e. The molecule has 0 radical (unpaired) electrons. The highest BCUT2D eigenvalue weighted by Gasteiger charge is 2.24. The van der Waals surface area contributed by atoms with Gasteiger partial charge in [0, 0.05) is 6.54 Å². The minimum absolute atomic E-state index is 0.220. The Balaban J connectivity index is 1.50. The summed E-state index contributed by atoms with van der Waals surface area (Å²) in [6, 6.07) is 15.2. The number of ketones is 1. The van der Waals surface area contributed by atoms with Gasteiger partial charge in [-0.3, -0.25) is 4.79 Å². The first-order valence-electron chi connectivity index (χ1n) is 10.4. The van der Waals surface area contributed by atoms with E-state index >= 15 is 0 Å². The van der Waals surface area contributed by atoms with Gasteiger partial charge in [0.2, 0.25) is 5.78 Å². The van der Waals surface area contributed by atoms with Crippen molar-refractivity contribution in [2.24, 2.45) is 0 Å². The number of aryl methyl sites for hydroxylation is 1. The van der Waals surface area contributed by atoms with Gasteiger partial charge < -0.3 is 20.0 Å². The number of nitrogens with zero attached hydrogens (tertiary/aromatic N) is 4. The van der Waals surface area contributed by atoms with E-state index < -0.39 is 0 Å². The first-order valence-corrected chi connectivity index (χ1v) is 12.0. The largest absolute Gasteiger partial charge is 0.497 e. The molecule has 5 aromatic rings. The highest BCUT2D eigenvalue weighted by Crippen LogP contribution is 2.31. The Hall–Kier alpha value is -3.37. The highest BCUT2D eigenvalue weighted by molar-refractivity contribution is 9.13. The number of hydrogen-bond acceptors (Lipinski definition) is 5. The van der Waals surface area contributed by atoms with Crippen molar-refractivity contribution in [1.82, 2.24) is 24.3 Å². The Labute approximate surface area is 212 Å². The second-order valence-electron chi connectivity index (χ2n) is 7.81. The molecule has 8 nitrogen and oxygen atoms in total. The van der Waals surface area contributed by atoms with Crippen LogP contribution in [0.25, 0.3) is 16.7 Å². The molecule has 0 aliphatic carbocycles. The van der Waals surface area contributed by atoms with Crippen molar-refractivity contribution in [3.63, 3.8) is 0 Å². The molecule has 10 heteroatoms. The van der Waals surface area contributed by atoms with Gasteiger partial charge in [0.1, 0.15) is 17.4 Å². The average molecular weight is 584 g/mol. The fourth-order valence-corrected chi connectivity index (χ4v) is 4.74. The van der Waals surface area contributed by atoms with E-state index in [2.05, 4.69) is 46.9 Å². The Kier molecular flexibility index (Phi) is 5.78. The van der Waals surface area contributed by atoms with Crippen LogP contribution in [-0.2, 0) is 6.54 Å². The van der Waals surface area contributed by atoms with Crippen LogP contribution >= 0.6 is 31.9 Å². The lowest BCUT2D eigenvalue weighted by Crippen LogP contribution is -2.13. The predicted molar refractivity (Wildman–Crippen MR) is 138 cm³/mol. The Morgan fingerprint density at radius 1 is 1.15 bits per heavy atom. The molecule has 0 saturated heterocycles. The number of carbonyl (C=O) groups excluding carboxylic acids is 1. The molecule has 0 saturated carbocycles. The Bertz CT molecular complexity index is 1530. The van der Waals surface area contributed by atoms with Crippen LogP contribution in [0.4, 0.5) is 5.82 Å². The quantitative estimate of drug-likeness (QED) is 0.266. The number of methoxy groups -OCH3 is 1. The van der Waals surface area contributed by atoms with Crippen LogP contribution in [0.15, 0.2) is 63.8 Å². The summed E-state index contributed by atoms with van der Waals surface area (Å²) in [6.07, 6.45) is 1.51. The number of hydrogen-bond donors (Lipinski definition) is 2. The SMILES string of the molecule is COc1ccc(Cn2c(C(=O)c3cnn(-c4ccc5nc(C)[nH]c5c4)c3N)cc(Br)c2Br)cc1. The number of nitrogens with two attached hydrogens (primary N) is 1. The number of H-pyrrole nitrogens is 1. The molecule has 0 atom stereocenters. The van der Waals surface area contributed by atoms with Gasteiger partial charge in [-0.25, -0.2) is 9.67 Å². The molecule has 0 amide bonds. The standard InChI is InChI=1S/C24H20Br2N6O2/c1-13-29-19-8-5-15(9-20(19)30-13)32-24(27)17(11-28-32)22(33)21-10-18(25)23(26)31(21)12-14-3-6-16(34-2)7-4-14/h3-11H,12,27H2,1-2H3,(H,29,30). The van der Waals surface area contributed by atoms with Gasteiger partial charge >= 0.3 is 0 Å². The monoisotopic (exact) mass is 582 g/mol. The molecule has 3 N–H and O–H groups in total. The first kappa shape index (κ1) is 22.4. The Morgan fingerprint density at radius 2 is 1.91 bits per heavy atom.